The molecule has 0 radical (unpaired) electrons. The van der Waals surface area contributed by atoms with Gasteiger partial charge >= 0.3 is 0 Å². The summed E-state index contributed by atoms with van der Waals surface area (Å²) in [5, 5.41) is -0.325. The van der Waals surface area contributed by atoms with Crippen molar-refractivity contribution in [3.8, 4) is 5.75 Å². The van der Waals surface area contributed by atoms with Gasteiger partial charge in [-0.3, -0.25) is 14.5 Å². The summed E-state index contributed by atoms with van der Waals surface area (Å²) >= 11 is 10.2. The molecular formula is C20H14BrClFNO3S. The summed E-state index contributed by atoms with van der Waals surface area (Å²) in [6.07, 6.45) is 3.19. The number of nitrogens with zero attached hydrogens (tertiary/aromatic N) is 1. The van der Waals surface area contributed by atoms with Gasteiger partial charge in [-0.2, -0.15) is 0 Å². The molecule has 8 heteroatoms. The zero-order valence-electron chi connectivity index (χ0n) is 14.5. The lowest BCUT2D eigenvalue weighted by molar-refractivity contribution is -0.123. The van der Waals surface area contributed by atoms with Crippen LogP contribution in [0.15, 0.2) is 58.4 Å². The number of amides is 2. The SMILES string of the molecule is C=CCOc1ccc(Br)cc1C=C1SC(=O)N(Cc2c(F)cccc2Cl)C1=O. The number of carbonyl (C=O) groups excluding carboxylic acids is 2. The summed E-state index contributed by atoms with van der Waals surface area (Å²) in [4.78, 5) is 26.3. The Kier molecular flexibility index (Phi) is 6.59. The Morgan fingerprint density at radius 1 is 1.29 bits per heavy atom. The molecule has 0 aliphatic carbocycles. The number of halogens is 3. The molecule has 1 aliphatic heterocycles. The topological polar surface area (TPSA) is 46.6 Å². The van der Waals surface area contributed by atoms with Crippen molar-refractivity contribution >= 4 is 56.5 Å². The van der Waals surface area contributed by atoms with Crippen molar-refractivity contribution in [2.24, 2.45) is 0 Å². The van der Waals surface area contributed by atoms with Crippen LogP contribution in [0.3, 0.4) is 0 Å². The Morgan fingerprint density at radius 2 is 2.07 bits per heavy atom. The highest BCUT2D eigenvalue weighted by Gasteiger charge is 2.36. The van der Waals surface area contributed by atoms with E-state index in [9.17, 15) is 14.0 Å². The van der Waals surface area contributed by atoms with Crippen LogP contribution in [0.5, 0.6) is 5.75 Å². The van der Waals surface area contributed by atoms with Crippen molar-refractivity contribution in [1.29, 1.82) is 0 Å². The van der Waals surface area contributed by atoms with Gasteiger partial charge < -0.3 is 4.74 Å². The Balaban J connectivity index is 1.89. The molecule has 1 fully saturated rings. The summed E-state index contributed by atoms with van der Waals surface area (Å²) in [5.41, 5.74) is 0.732. The van der Waals surface area contributed by atoms with Crippen LogP contribution in [0.1, 0.15) is 11.1 Å². The van der Waals surface area contributed by atoms with Gasteiger partial charge in [-0.15, -0.1) is 0 Å². The monoisotopic (exact) mass is 481 g/mol. The number of hydrogen-bond donors (Lipinski definition) is 0. The molecule has 0 spiro atoms. The lowest BCUT2D eigenvalue weighted by Crippen LogP contribution is -2.28. The van der Waals surface area contributed by atoms with Gasteiger partial charge in [-0.1, -0.05) is 46.3 Å². The van der Waals surface area contributed by atoms with E-state index in [-0.39, 0.29) is 22.0 Å². The lowest BCUT2D eigenvalue weighted by Gasteiger charge is -2.14. The first-order valence-electron chi connectivity index (χ1n) is 8.12. The van der Waals surface area contributed by atoms with Crippen LogP contribution in [0.4, 0.5) is 9.18 Å². The molecule has 4 nitrogen and oxygen atoms in total. The Bertz CT molecular complexity index is 975. The Labute approximate surface area is 179 Å². The highest BCUT2D eigenvalue weighted by atomic mass is 79.9. The van der Waals surface area contributed by atoms with E-state index in [1.807, 2.05) is 6.07 Å². The summed E-state index contributed by atoms with van der Waals surface area (Å²) in [6.45, 7) is 3.68. The van der Waals surface area contributed by atoms with Gasteiger partial charge in [0.15, 0.2) is 0 Å². The van der Waals surface area contributed by atoms with E-state index in [1.165, 1.54) is 18.2 Å². The standard InChI is InChI=1S/C20H14BrClFNO3S/c1-2-8-27-17-7-6-13(21)9-12(17)10-18-19(25)24(20(26)28-18)11-14-15(22)4-3-5-16(14)23/h2-7,9-10H,1,8,11H2. The molecule has 2 aromatic rings. The smallest absolute Gasteiger partial charge is 0.293 e. The van der Waals surface area contributed by atoms with Crippen molar-refractivity contribution in [3.05, 3.63) is 80.4 Å². The third-order valence-electron chi connectivity index (χ3n) is 3.87. The summed E-state index contributed by atoms with van der Waals surface area (Å²) in [7, 11) is 0. The highest BCUT2D eigenvalue weighted by molar-refractivity contribution is 9.10. The van der Waals surface area contributed by atoms with E-state index in [4.69, 9.17) is 16.3 Å². The average Bonchev–Trinajstić information content (AvgIpc) is 2.91. The maximum Gasteiger partial charge on any atom is 0.293 e. The third kappa shape index (κ3) is 4.48. The van der Waals surface area contributed by atoms with Crippen LogP contribution >= 0.6 is 39.3 Å². The molecule has 1 heterocycles. The minimum absolute atomic E-state index is 0.102. The summed E-state index contributed by atoms with van der Waals surface area (Å²) in [6, 6.07) is 9.55. The molecule has 2 amide bonds. The molecule has 1 aliphatic rings. The zero-order valence-corrected chi connectivity index (χ0v) is 17.6. The van der Waals surface area contributed by atoms with Crippen LogP contribution < -0.4 is 4.74 Å². The molecule has 144 valence electrons. The zero-order chi connectivity index (χ0) is 20.3. The lowest BCUT2D eigenvalue weighted by atomic mass is 10.1. The molecule has 2 aromatic carbocycles. The van der Waals surface area contributed by atoms with Gasteiger partial charge in [0.1, 0.15) is 18.2 Å². The van der Waals surface area contributed by atoms with Gasteiger partial charge in [-0.25, -0.2) is 4.39 Å². The van der Waals surface area contributed by atoms with Gasteiger partial charge in [0.25, 0.3) is 11.1 Å². The van der Waals surface area contributed by atoms with E-state index in [0.717, 1.165) is 21.1 Å². The first-order valence-corrected chi connectivity index (χ1v) is 10.1. The number of carbonyl (C=O) groups is 2. The van der Waals surface area contributed by atoms with Gasteiger partial charge in [0.2, 0.25) is 0 Å². The maximum absolute atomic E-state index is 14.0. The number of imide groups is 1. The van der Waals surface area contributed by atoms with Crippen LogP contribution in [-0.2, 0) is 11.3 Å². The predicted octanol–water partition coefficient (Wildman–Crippen LogP) is 6.04. The number of benzene rings is 2. The molecule has 0 saturated carbocycles. The van der Waals surface area contributed by atoms with Crippen molar-refractivity contribution < 1.29 is 18.7 Å². The van der Waals surface area contributed by atoms with Crippen LogP contribution in [-0.4, -0.2) is 22.7 Å². The second-order valence-corrected chi connectivity index (χ2v) is 8.07. The predicted molar refractivity (Wildman–Crippen MR) is 113 cm³/mol. The summed E-state index contributed by atoms with van der Waals surface area (Å²) in [5.74, 6) is -0.529. The molecule has 0 N–H and O–H groups in total. The average molecular weight is 483 g/mol. The second-order valence-electron chi connectivity index (χ2n) is 5.75. The number of rotatable bonds is 6. The molecule has 0 unspecified atom stereocenters. The van der Waals surface area contributed by atoms with Crippen molar-refractivity contribution in [3.63, 3.8) is 0 Å². The van der Waals surface area contributed by atoms with E-state index < -0.39 is 17.0 Å². The summed E-state index contributed by atoms with van der Waals surface area (Å²) < 4.78 is 20.4. The number of ether oxygens (including phenoxy) is 1. The van der Waals surface area contributed by atoms with Crippen molar-refractivity contribution in [2.75, 3.05) is 6.61 Å². The number of hydrogen-bond acceptors (Lipinski definition) is 4. The molecule has 28 heavy (non-hydrogen) atoms. The largest absolute Gasteiger partial charge is 0.489 e. The Hall–Kier alpha value is -2.09. The first-order chi connectivity index (χ1) is 13.4. The molecule has 0 atom stereocenters. The fourth-order valence-corrected chi connectivity index (χ4v) is 3.96. The van der Waals surface area contributed by atoms with Crippen LogP contribution in [0.25, 0.3) is 6.08 Å². The minimum atomic E-state index is -0.567. The second kappa shape index (κ2) is 8.94. The molecule has 1 saturated heterocycles. The Morgan fingerprint density at radius 3 is 2.79 bits per heavy atom. The molecule has 3 rings (SSSR count). The van der Waals surface area contributed by atoms with Crippen LogP contribution in [0.2, 0.25) is 5.02 Å². The van der Waals surface area contributed by atoms with Gasteiger partial charge in [0.05, 0.1) is 11.4 Å². The normalized spacial score (nSPS) is 15.4. The molecular weight excluding hydrogens is 469 g/mol. The first kappa shape index (κ1) is 20.6. The molecule has 0 bridgehead atoms. The van der Waals surface area contributed by atoms with E-state index in [0.29, 0.717) is 17.9 Å². The fourth-order valence-electron chi connectivity index (χ4n) is 2.53. The third-order valence-corrected chi connectivity index (χ3v) is 5.62. The minimum Gasteiger partial charge on any atom is -0.489 e. The number of thioether (sulfide) groups is 1. The quantitative estimate of drug-likeness (QED) is 0.372. The van der Waals surface area contributed by atoms with Crippen molar-refractivity contribution in [1.82, 2.24) is 4.90 Å². The van der Waals surface area contributed by atoms with Gasteiger partial charge in [-0.05, 0) is 48.2 Å². The fraction of sp³-hybridized carbons (Fsp3) is 0.100. The van der Waals surface area contributed by atoms with Crippen LogP contribution in [0, 0.1) is 5.82 Å². The van der Waals surface area contributed by atoms with E-state index in [2.05, 4.69) is 22.5 Å². The molecule has 0 aromatic heterocycles. The van der Waals surface area contributed by atoms with Crippen molar-refractivity contribution in [2.45, 2.75) is 6.54 Å². The van der Waals surface area contributed by atoms with Gasteiger partial charge in [0, 0.05) is 20.6 Å². The maximum atomic E-state index is 14.0. The van der Waals surface area contributed by atoms with E-state index >= 15 is 0 Å². The highest BCUT2D eigenvalue weighted by Crippen LogP contribution is 2.36. The van der Waals surface area contributed by atoms with E-state index in [1.54, 1.807) is 24.3 Å².